The molecule has 0 aromatic heterocycles. The fraction of sp³-hybridized carbons (Fsp3) is 0.412. The number of nitrogens with one attached hydrogen (secondary N) is 1. The van der Waals surface area contributed by atoms with E-state index in [0.717, 1.165) is 5.82 Å². The highest BCUT2D eigenvalue weighted by molar-refractivity contribution is 7.57. The van der Waals surface area contributed by atoms with Crippen molar-refractivity contribution in [3.8, 4) is 0 Å². The van der Waals surface area contributed by atoms with E-state index in [9.17, 15) is 14.2 Å². The van der Waals surface area contributed by atoms with Crippen LogP contribution >= 0.6 is 7.60 Å². The molecule has 0 saturated carbocycles. The van der Waals surface area contributed by atoms with Gasteiger partial charge in [0.25, 0.3) is 0 Å². The van der Waals surface area contributed by atoms with Crippen LogP contribution in [-0.4, -0.2) is 38.4 Å². The van der Waals surface area contributed by atoms with Crippen molar-refractivity contribution in [2.75, 3.05) is 20.8 Å². The number of amides is 1. The van der Waals surface area contributed by atoms with Crippen molar-refractivity contribution in [2.24, 2.45) is 0 Å². The van der Waals surface area contributed by atoms with Gasteiger partial charge in [-0.2, -0.15) is 0 Å². The molecule has 0 aliphatic rings. The van der Waals surface area contributed by atoms with Crippen LogP contribution in [0.15, 0.2) is 41.9 Å². The maximum Gasteiger partial charge on any atom is 0.408 e. The lowest BCUT2D eigenvalue weighted by molar-refractivity contribution is 0.0498. The number of rotatable bonds is 7. The van der Waals surface area contributed by atoms with E-state index >= 15 is 0 Å². The standard InChI is InChI=1S/C17H24NO7P/c1-17(2,3)25-16(20)18-11-14(12-26(21,22-4)23-5)24-15(19)13-9-7-6-8-10-13/h6-10,12H,11H2,1-5H3,(H,18,20)/b14-12-. The van der Waals surface area contributed by atoms with Crippen LogP contribution in [0, 0.1) is 0 Å². The molecule has 1 aromatic rings. The smallest absolute Gasteiger partial charge is 0.408 e. The SMILES string of the molecule is COP(=O)(/C=C(/CNC(=O)OC(C)(C)C)OC(=O)c1ccccc1)OC. The van der Waals surface area contributed by atoms with Crippen LogP contribution in [0.4, 0.5) is 4.79 Å². The van der Waals surface area contributed by atoms with Crippen molar-refractivity contribution in [2.45, 2.75) is 26.4 Å². The highest BCUT2D eigenvalue weighted by Crippen LogP contribution is 2.49. The zero-order chi connectivity index (χ0) is 19.8. The summed E-state index contributed by atoms with van der Waals surface area (Å²) < 4.78 is 32.3. The first-order chi connectivity index (χ1) is 12.1. The van der Waals surface area contributed by atoms with Gasteiger partial charge in [-0.05, 0) is 32.9 Å². The topological polar surface area (TPSA) is 100 Å². The van der Waals surface area contributed by atoms with Gasteiger partial charge in [-0.1, -0.05) is 18.2 Å². The Morgan fingerprint density at radius 1 is 1.12 bits per heavy atom. The lowest BCUT2D eigenvalue weighted by atomic mass is 10.2. The van der Waals surface area contributed by atoms with Crippen molar-refractivity contribution < 1.29 is 32.7 Å². The minimum atomic E-state index is -3.62. The summed E-state index contributed by atoms with van der Waals surface area (Å²) in [6.07, 6.45) is -0.719. The second-order valence-corrected chi connectivity index (χ2v) is 8.18. The summed E-state index contributed by atoms with van der Waals surface area (Å²) in [6.45, 7) is 4.89. The molecular formula is C17H24NO7P. The number of hydrogen-bond donors (Lipinski definition) is 1. The molecule has 0 heterocycles. The van der Waals surface area contributed by atoms with E-state index in [0.29, 0.717) is 5.56 Å². The molecule has 0 aliphatic carbocycles. The van der Waals surface area contributed by atoms with Crippen LogP contribution in [0.1, 0.15) is 31.1 Å². The van der Waals surface area contributed by atoms with Gasteiger partial charge in [-0.25, -0.2) is 9.59 Å². The van der Waals surface area contributed by atoms with Crippen molar-refractivity contribution in [3.05, 3.63) is 47.5 Å². The first-order valence-electron chi connectivity index (χ1n) is 7.75. The second-order valence-electron chi connectivity index (χ2n) is 6.11. The fourth-order valence-electron chi connectivity index (χ4n) is 1.69. The first kappa shape index (κ1) is 21.9. The number of alkyl carbamates (subject to hydrolysis) is 1. The lowest BCUT2D eigenvalue weighted by Gasteiger charge is -2.20. The number of benzene rings is 1. The normalized spacial score (nSPS) is 12.4. The zero-order valence-electron chi connectivity index (χ0n) is 15.5. The third kappa shape index (κ3) is 7.82. The highest BCUT2D eigenvalue weighted by atomic mass is 31.2. The molecule has 8 nitrogen and oxygen atoms in total. The quantitative estimate of drug-likeness (QED) is 0.434. The predicted molar refractivity (Wildman–Crippen MR) is 95.8 cm³/mol. The van der Waals surface area contributed by atoms with Crippen LogP contribution in [0.25, 0.3) is 0 Å². The largest absolute Gasteiger partial charge is 0.444 e. The molecule has 0 saturated heterocycles. The average molecular weight is 385 g/mol. The summed E-state index contributed by atoms with van der Waals surface area (Å²) in [5.41, 5.74) is -0.399. The van der Waals surface area contributed by atoms with Crippen molar-refractivity contribution in [1.82, 2.24) is 5.32 Å². The fourth-order valence-corrected chi connectivity index (χ4v) is 2.55. The van der Waals surface area contributed by atoms with Crippen LogP contribution in [0.5, 0.6) is 0 Å². The van der Waals surface area contributed by atoms with Gasteiger partial charge in [-0.3, -0.25) is 4.57 Å². The van der Waals surface area contributed by atoms with Crippen molar-refractivity contribution in [1.29, 1.82) is 0 Å². The number of hydrogen-bond acceptors (Lipinski definition) is 7. The van der Waals surface area contributed by atoms with Crippen LogP contribution in [-0.2, 0) is 23.1 Å². The molecule has 0 unspecified atom stereocenters. The average Bonchev–Trinajstić information content (AvgIpc) is 2.58. The van der Waals surface area contributed by atoms with Gasteiger partial charge in [0, 0.05) is 14.2 Å². The Balaban J connectivity index is 2.93. The summed E-state index contributed by atoms with van der Waals surface area (Å²) in [6, 6.07) is 8.23. The predicted octanol–water partition coefficient (Wildman–Crippen LogP) is 3.70. The minimum Gasteiger partial charge on any atom is -0.444 e. The van der Waals surface area contributed by atoms with Gasteiger partial charge in [0.1, 0.15) is 11.4 Å². The molecule has 0 fully saturated rings. The number of carbonyl (C=O) groups excluding carboxylic acids is 2. The van der Waals surface area contributed by atoms with Gasteiger partial charge < -0.3 is 23.8 Å². The monoisotopic (exact) mass is 385 g/mol. The van der Waals surface area contributed by atoms with Crippen LogP contribution in [0.2, 0.25) is 0 Å². The Kier molecular flexibility index (Phi) is 8.02. The summed E-state index contributed by atoms with van der Waals surface area (Å²) in [7, 11) is -1.23. The zero-order valence-corrected chi connectivity index (χ0v) is 16.4. The summed E-state index contributed by atoms with van der Waals surface area (Å²) in [5.74, 6) is 0.254. The third-order valence-electron chi connectivity index (χ3n) is 2.85. The van der Waals surface area contributed by atoms with E-state index < -0.39 is 25.3 Å². The third-order valence-corrected chi connectivity index (χ3v) is 4.47. The molecular weight excluding hydrogens is 361 g/mol. The minimum absolute atomic E-state index is 0.100. The lowest BCUT2D eigenvalue weighted by Crippen LogP contribution is -2.34. The second kappa shape index (κ2) is 9.52. The van der Waals surface area contributed by atoms with E-state index in [4.69, 9.17) is 18.5 Å². The molecule has 9 heteroatoms. The van der Waals surface area contributed by atoms with E-state index in [2.05, 4.69) is 5.32 Å². The Hall–Kier alpha value is -2.15. The first-order valence-corrected chi connectivity index (χ1v) is 9.37. The summed E-state index contributed by atoms with van der Waals surface area (Å²) in [5, 5.41) is 2.43. The molecule has 26 heavy (non-hydrogen) atoms. The Morgan fingerprint density at radius 2 is 1.69 bits per heavy atom. The van der Waals surface area contributed by atoms with Gasteiger partial charge in [-0.15, -0.1) is 0 Å². The molecule has 0 atom stereocenters. The molecule has 0 radical (unpaired) electrons. The van der Waals surface area contributed by atoms with Gasteiger partial charge >= 0.3 is 19.7 Å². The molecule has 144 valence electrons. The van der Waals surface area contributed by atoms with Crippen LogP contribution in [0.3, 0.4) is 0 Å². The molecule has 0 bridgehead atoms. The van der Waals surface area contributed by atoms with E-state index in [1.165, 1.54) is 14.2 Å². The Bertz CT molecular complexity index is 687. The maximum atomic E-state index is 12.3. The van der Waals surface area contributed by atoms with Gasteiger partial charge in [0.05, 0.1) is 17.9 Å². The Labute approximate surface area is 153 Å². The highest BCUT2D eigenvalue weighted by Gasteiger charge is 2.23. The number of carbonyl (C=O) groups is 2. The molecule has 1 aromatic carbocycles. The molecule has 0 spiro atoms. The van der Waals surface area contributed by atoms with Crippen molar-refractivity contribution in [3.63, 3.8) is 0 Å². The Morgan fingerprint density at radius 3 is 2.19 bits per heavy atom. The number of esters is 1. The molecule has 1 rings (SSSR count). The summed E-state index contributed by atoms with van der Waals surface area (Å²) >= 11 is 0. The summed E-state index contributed by atoms with van der Waals surface area (Å²) in [4.78, 5) is 24.0. The van der Waals surface area contributed by atoms with E-state index in [1.54, 1.807) is 51.1 Å². The maximum absolute atomic E-state index is 12.3. The molecule has 1 N–H and O–H groups in total. The van der Waals surface area contributed by atoms with Crippen molar-refractivity contribution >= 4 is 19.7 Å². The molecule has 0 aliphatic heterocycles. The van der Waals surface area contributed by atoms with Gasteiger partial charge in [0.2, 0.25) is 0 Å². The van der Waals surface area contributed by atoms with E-state index in [1.807, 2.05) is 0 Å². The van der Waals surface area contributed by atoms with Gasteiger partial charge in [0.15, 0.2) is 0 Å². The van der Waals surface area contributed by atoms with E-state index in [-0.39, 0.29) is 12.3 Å². The number of ether oxygens (including phenoxy) is 2. The molecule has 1 amide bonds. The van der Waals surface area contributed by atoms with Crippen LogP contribution < -0.4 is 5.32 Å².